The Labute approximate surface area is 146 Å². The van der Waals surface area contributed by atoms with Crippen LogP contribution in [-0.4, -0.2) is 41.8 Å². The number of ether oxygens (including phenoxy) is 1. The Bertz CT molecular complexity index is 526. The fourth-order valence-electron chi connectivity index (χ4n) is 3.15. The van der Waals surface area contributed by atoms with Crippen LogP contribution >= 0.6 is 0 Å². The van der Waals surface area contributed by atoms with Crippen LogP contribution in [0.5, 0.6) is 0 Å². The van der Waals surface area contributed by atoms with Gasteiger partial charge in [0, 0.05) is 25.2 Å². The van der Waals surface area contributed by atoms with Crippen LogP contribution in [0.15, 0.2) is 24.3 Å². The van der Waals surface area contributed by atoms with E-state index in [1.54, 1.807) is 0 Å². The van der Waals surface area contributed by atoms with Crippen molar-refractivity contribution in [1.29, 1.82) is 0 Å². The summed E-state index contributed by atoms with van der Waals surface area (Å²) in [5.41, 5.74) is 2.26. The standard InChI is InChI=1S/C20H32N2O2/c1-15-6-8-17(9-7-15)14-16(2)22-12-10-18(11-13-22)21-19(23)24-20(3,4)5/h6-9,16,18H,10-14H2,1-5H3,(H,21,23). The average molecular weight is 332 g/mol. The van der Waals surface area contributed by atoms with Gasteiger partial charge in [0.15, 0.2) is 0 Å². The van der Waals surface area contributed by atoms with E-state index in [0.29, 0.717) is 6.04 Å². The van der Waals surface area contributed by atoms with Gasteiger partial charge in [0.1, 0.15) is 5.60 Å². The molecule has 0 radical (unpaired) electrons. The lowest BCUT2D eigenvalue weighted by atomic mass is 10.00. The molecule has 0 aliphatic carbocycles. The van der Waals surface area contributed by atoms with E-state index < -0.39 is 5.60 Å². The number of alkyl carbamates (subject to hydrolysis) is 1. The van der Waals surface area contributed by atoms with Gasteiger partial charge in [0.2, 0.25) is 0 Å². The van der Waals surface area contributed by atoms with Gasteiger partial charge >= 0.3 is 6.09 Å². The Kier molecular flexibility index (Phi) is 6.27. The van der Waals surface area contributed by atoms with Crippen LogP contribution in [0.1, 0.15) is 51.7 Å². The minimum atomic E-state index is -0.437. The first kappa shape index (κ1) is 18.8. The first-order chi connectivity index (χ1) is 11.2. The van der Waals surface area contributed by atoms with Crippen molar-refractivity contribution in [3.63, 3.8) is 0 Å². The summed E-state index contributed by atoms with van der Waals surface area (Å²) in [6.45, 7) is 12.1. The fraction of sp³-hybridized carbons (Fsp3) is 0.650. The molecule has 24 heavy (non-hydrogen) atoms. The van der Waals surface area contributed by atoms with Crippen LogP contribution in [0.25, 0.3) is 0 Å². The van der Waals surface area contributed by atoms with Crippen molar-refractivity contribution in [2.24, 2.45) is 0 Å². The Morgan fingerprint density at radius 2 is 1.83 bits per heavy atom. The molecule has 2 rings (SSSR count). The highest BCUT2D eigenvalue weighted by atomic mass is 16.6. The molecule has 1 saturated heterocycles. The molecule has 1 aromatic rings. The average Bonchev–Trinajstić information content (AvgIpc) is 2.48. The lowest BCUT2D eigenvalue weighted by Crippen LogP contribution is -2.48. The first-order valence-corrected chi connectivity index (χ1v) is 9.02. The Hall–Kier alpha value is -1.55. The van der Waals surface area contributed by atoms with Crippen LogP contribution in [-0.2, 0) is 11.2 Å². The molecular formula is C20H32N2O2. The van der Waals surface area contributed by atoms with Gasteiger partial charge in [-0.2, -0.15) is 0 Å². The molecule has 4 heteroatoms. The van der Waals surface area contributed by atoms with Crippen molar-refractivity contribution >= 4 is 6.09 Å². The fourth-order valence-corrected chi connectivity index (χ4v) is 3.15. The molecule has 1 aliphatic rings. The highest BCUT2D eigenvalue weighted by Gasteiger charge is 2.25. The number of hydrogen-bond acceptors (Lipinski definition) is 3. The molecule has 134 valence electrons. The molecule has 1 aromatic carbocycles. The van der Waals surface area contributed by atoms with E-state index in [9.17, 15) is 4.79 Å². The Morgan fingerprint density at radius 3 is 2.38 bits per heavy atom. The van der Waals surface area contributed by atoms with Crippen LogP contribution < -0.4 is 5.32 Å². The highest BCUT2D eigenvalue weighted by molar-refractivity contribution is 5.68. The molecular weight excluding hydrogens is 300 g/mol. The number of benzene rings is 1. The summed E-state index contributed by atoms with van der Waals surface area (Å²) < 4.78 is 5.34. The number of amides is 1. The monoisotopic (exact) mass is 332 g/mol. The van der Waals surface area contributed by atoms with Crippen LogP contribution in [0.4, 0.5) is 4.79 Å². The number of likely N-dealkylation sites (tertiary alicyclic amines) is 1. The maximum absolute atomic E-state index is 11.9. The van der Waals surface area contributed by atoms with Gasteiger partial charge in [-0.25, -0.2) is 4.79 Å². The van der Waals surface area contributed by atoms with E-state index >= 15 is 0 Å². The van der Waals surface area contributed by atoms with Crippen molar-refractivity contribution in [2.75, 3.05) is 13.1 Å². The highest BCUT2D eigenvalue weighted by Crippen LogP contribution is 2.17. The molecule has 0 aromatic heterocycles. The van der Waals surface area contributed by atoms with Gasteiger partial charge in [0.05, 0.1) is 0 Å². The van der Waals surface area contributed by atoms with Gasteiger partial charge in [-0.3, -0.25) is 0 Å². The minimum Gasteiger partial charge on any atom is -0.444 e. The first-order valence-electron chi connectivity index (χ1n) is 9.02. The molecule has 1 amide bonds. The number of carbonyl (C=O) groups excluding carboxylic acids is 1. The molecule has 1 heterocycles. The molecule has 1 atom stereocenters. The smallest absolute Gasteiger partial charge is 0.407 e. The predicted octanol–water partition coefficient (Wildman–Crippen LogP) is 3.92. The van der Waals surface area contributed by atoms with Gasteiger partial charge in [-0.1, -0.05) is 29.8 Å². The van der Waals surface area contributed by atoms with Crippen molar-refractivity contribution in [3.8, 4) is 0 Å². The number of nitrogens with one attached hydrogen (secondary N) is 1. The van der Waals surface area contributed by atoms with Crippen molar-refractivity contribution in [1.82, 2.24) is 10.2 Å². The molecule has 0 bridgehead atoms. The van der Waals surface area contributed by atoms with Gasteiger partial charge in [0.25, 0.3) is 0 Å². The second-order valence-corrected chi connectivity index (χ2v) is 8.00. The van der Waals surface area contributed by atoms with E-state index in [1.807, 2.05) is 20.8 Å². The number of hydrogen-bond donors (Lipinski definition) is 1. The molecule has 1 N–H and O–H groups in total. The molecule has 1 unspecified atom stereocenters. The third kappa shape index (κ3) is 6.16. The van der Waals surface area contributed by atoms with Crippen LogP contribution in [0, 0.1) is 6.92 Å². The summed E-state index contributed by atoms with van der Waals surface area (Å²) in [6.07, 6.45) is 2.74. The van der Waals surface area contributed by atoms with E-state index in [2.05, 4.69) is 48.3 Å². The third-order valence-corrected chi connectivity index (χ3v) is 4.53. The van der Waals surface area contributed by atoms with Crippen LogP contribution in [0.3, 0.4) is 0 Å². The van der Waals surface area contributed by atoms with Crippen molar-refractivity contribution in [3.05, 3.63) is 35.4 Å². The van der Waals surface area contributed by atoms with Crippen LogP contribution in [0.2, 0.25) is 0 Å². The van der Waals surface area contributed by atoms with E-state index in [0.717, 1.165) is 32.4 Å². The Balaban J connectivity index is 1.75. The van der Waals surface area contributed by atoms with E-state index in [1.165, 1.54) is 11.1 Å². The van der Waals surface area contributed by atoms with Crippen molar-refractivity contribution < 1.29 is 9.53 Å². The summed E-state index contributed by atoms with van der Waals surface area (Å²) in [5.74, 6) is 0. The zero-order valence-corrected chi connectivity index (χ0v) is 15.8. The largest absolute Gasteiger partial charge is 0.444 e. The predicted molar refractivity (Wildman–Crippen MR) is 98.3 cm³/mol. The summed E-state index contributed by atoms with van der Waals surface area (Å²) in [6, 6.07) is 9.56. The Morgan fingerprint density at radius 1 is 1.25 bits per heavy atom. The topological polar surface area (TPSA) is 41.6 Å². The van der Waals surface area contributed by atoms with E-state index in [-0.39, 0.29) is 12.1 Å². The SMILES string of the molecule is Cc1ccc(CC(C)N2CCC(NC(=O)OC(C)(C)C)CC2)cc1. The third-order valence-electron chi connectivity index (χ3n) is 4.53. The molecule has 0 saturated carbocycles. The summed E-state index contributed by atoms with van der Waals surface area (Å²) in [7, 11) is 0. The van der Waals surface area contributed by atoms with Crippen molar-refractivity contribution in [2.45, 2.75) is 71.6 Å². The lowest BCUT2D eigenvalue weighted by Gasteiger charge is -2.36. The maximum Gasteiger partial charge on any atom is 0.407 e. The number of piperidine rings is 1. The number of carbonyl (C=O) groups is 1. The molecule has 0 spiro atoms. The summed E-state index contributed by atoms with van der Waals surface area (Å²) >= 11 is 0. The zero-order chi connectivity index (χ0) is 17.7. The molecule has 1 fully saturated rings. The number of rotatable bonds is 4. The zero-order valence-electron chi connectivity index (χ0n) is 15.8. The normalized spacial score (nSPS) is 18.2. The quantitative estimate of drug-likeness (QED) is 0.909. The van der Waals surface area contributed by atoms with E-state index in [4.69, 9.17) is 4.74 Å². The second-order valence-electron chi connectivity index (χ2n) is 8.00. The molecule has 1 aliphatic heterocycles. The number of nitrogens with zero attached hydrogens (tertiary/aromatic N) is 1. The number of aryl methyl sites for hydroxylation is 1. The second kappa shape index (κ2) is 8.02. The van der Waals surface area contributed by atoms with Gasteiger partial charge in [-0.05, 0) is 59.4 Å². The maximum atomic E-state index is 11.9. The molecule has 4 nitrogen and oxygen atoms in total. The minimum absolute atomic E-state index is 0.225. The van der Waals surface area contributed by atoms with Gasteiger partial charge < -0.3 is 15.0 Å². The summed E-state index contributed by atoms with van der Waals surface area (Å²) in [4.78, 5) is 14.4. The lowest BCUT2D eigenvalue weighted by molar-refractivity contribution is 0.0470. The summed E-state index contributed by atoms with van der Waals surface area (Å²) in [5, 5.41) is 3.00. The van der Waals surface area contributed by atoms with Gasteiger partial charge in [-0.15, -0.1) is 0 Å².